The van der Waals surface area contributed by atoms with E-state index < -0.39 is 0 Å². The zero-order valence-corrected chi connectivity index (χ0v) is 9.42. The maximum Gasteiger partial charge on any atom is 0.223 e. The number of amides is 1. The molecule has 0 radical (unpaired) electrons. The topological polar surface area (TPSA) is 46.3 Å². The van der Waals surface area contributed by atoms with Gasteiger partial charge in [-0.3, -0.25) is 4.79 Å². The van der Waals surface area contributed by atoms with Gasteiger partial charge in [-0.25, -0.2) is 0 Å². The quantitative estimate of drug-likeness (QED) is 0.720. The molecular formula is C10H22N2O. The molecule has 0 saturated heterocycles. The lowest BCUT2D eigenvalue weighted by Gasteiger charge is -2.27. The van der Waals surface area contributed by atoms with E-state index in [2.05, 4.69) is 20.8 Å². The lowest BCUT2D eigenvalue weighted by molar-refractivity contribution is -0.133. The largest absolute Gasteiger partial charge is 0.342 e. The van der Waals surface area contributed by atoms with Gasteiger partial charge in [-0.05, 0) is 12.3 Å². The summed E-state index contributed by atoms with van der Waals surface area (Å²) in [5.74, 6) is 0.172. The van der Waals surface area contributed by atoms with Crippen molar-refractivity contribution in [3.05, 3.63) is 0 Å². The number of rotatable bonds is 3. The van der Waals surface area contributed by atoms with Gasteiger partial charge in [0.15, 0.2) is 0 Å². The standard InChI is InChI=1S/C10H22N2O/c1-8(7-11)12(5)9(13)6-10(2,3)4/h8H,6-7,11H2,1-5H3. The molecule has 2 N–H and O–H groups in total. The van der Waals surface area contributed by atoms with Crippen molar-refractivity contribution in [3.63, 3.8) is 0 Å². The third kappa shape index (κ3) is 4.88. The Bertz CT molecular complexity index is 172. The molecule has 3 heteroatoms. The van der Waals surface area contributed by atoms with Crippen LogP contribution in [-0.4, -0.2) is 30.4 Å². The van der Waals surface area contributed by atoms with Crippen LogP contribution in [0.25, 0.3) is 0 Å². The van der Waals surface area contributed by atoms with Gasteiger partial charge in [0.1, 0.15) is 0 Å². The van der Waals surface area contributed by atoms with Crippen LogP contribution in [0.4, 0.5) is 0 Å². The molecule has 0 aliphatic carbocycles. The molecule has 0 spiro atoms. The fourth-order valence-electron chi connectivity index (χ4n) is 0.982. The molecule has 1 unspecified atom stereocenters. The number of carbonyl (C=O) groups excluding carboxylic acids is 1. The fraction of sp³-hybridized carbons (Fsp3) is 0.900. The van der Waals surface area contributed by atoms with Crippen molar-refractivity contribution in [2.45, 2.75) is 40.2 Å². The number of hydrogen-bond donors (Lipinski definition) is 1. The summed E-state index contributed by atoms with van der Waals surface area (Å²) in [6, 6.07) is 0.134. The van der Waals surface area contributed by atoms with Gasteiger partial charge < -0.3 is 10.6 Å². The summed E-state index contributed by atoms with van der Waals surface area (Å²) in [5.41, 5.74) is 5.54. The van der Waals surface area contributed by atoms with Crippen molar-refractivity contribution in [1.29, 1.82) is 0 Å². The third-order valence-electron chi connectivity index (χ3n) is 2.08. The second-order valence-electron chi connectivity index (χ2n) is 4.83. The van der Waals surface area contributed by atoms with Gasteiger partial charge in [0, 0.05) is 26.1 Å². The van der Waals surface area contributed by atoms with E-state index in [1.165, 1.54) is 0 Å². The molecule has 0 aliphatic rings. The molecule has 0 aromatic heterocycles. The molecule has 0 aromatic rings. The van der Waals surface area contributed by atoms with Crippen molar-refractivity contribution >= 4 is 5.91 Å². The van der Waals surface area contributed by atoms with Gasteiger partial charge in [-0.15, -0.1) is 0 Å². The lowest BCUT2D eigenvalue weighted by Crippen LogP contribution is -2.40. The molecule has 0 fully saturated rings. The first kappa shape index (κ1) is 12.4. The summed E-state index contributed by atoms with van der Waals surface area (Å²) >= 11 is 0. The smallest absolute Gasteiger partial charge is 0.223 e. The van der Waals surface area contributed by atoms with E-state index >= 15 is 0 Å². The number of hydrogen-bond acceptors (Lipinski definition) is 2. The zero-order valence-electron chi connectivity index (χ0n) is 9.42. The molecule has 0 aromatic carbocycles. The molecule has 1 atom stereocenters. The van der Waals surface area contributed by atoms with Gasteiger partial charge in [0.05, 0.1) is 0 Å². The maximum atomic E-state index is 11.6. The second kappa shape index (κ2) is 4.61. The Balaban J connectivity index is 4.12. The summed E-state index contributed by atoms with van der Waals surface area (Å²) < 4.78 is 0. The van der Waals surface area contributed by atoms with Crippen LogP contribution in [0.1, 0.15) is 34.1 Å². The first-order chi connectivity index (χ1) is 5.78. The Morgan fingerprint density at radius 2 is 1.92 bits per heavy atom. The Labute approximate surface area is 81.3 Å². The Hall–Kier alpha value is -0.570. The monoisotopic (exact) mass is 186 g/mol. The number of likely N-dealkylation sites (N-methyl/N-ethyl adjacent to an activating group) is 1. The number of nitrogens with zero attached hydrogens (tertiary/aromatic N) is 1. The van der Waals surface area contributed by atoms with E-state index in [1.807, 2.05) is 14.0 Å². The summed E-state index contributed by atoms with van der Waals surface area (Å²) in [7, 11) is 1.81. The Morgan fingerprint density at radius 1 is 1.46 bits per heavy atom. The normalized spacial score (nSPS) is 14.0. The molecule has 0 heterocycles. The van der Waals surface area contributed by atoms with Gasteiger partial charge >= 0.3 is 0 Å². The van der Waals surface area contributed by atoms with Gasteiger partial charge in [-0.2, -0.15) is 0 Å². The Kier molecular flexibility index (Phi) is 4.40. The fourth-order valence-corrected chi connectivity index (χ4v) is 0.982. The van der Waals surface area contributed by atoms with E-state index in [1.54, 1.807) is 4.90 Å². The highest BCUT2D eigenvalue weighted by molar-refractivity contribution is 5.76. The predicted molar refractivity (Wildman–Crippen MR) is 55.4 cm³/mol. The molecule has 0 bridgehead atoms. The molecule has 13 heavy (non-hydrogen) atoms. The van der Waals surface area contributed by atoms with Crippen LogP contribution in [0.5, 0.6) is 0 Å². The average molecular weight is 186 g/mol. The highest BCUT2D eigenvalue weighted by atomic mass is 16.2. The molecule has 0 saturated carbocycles. The van der Waals surface area contributed by atoms with Crippen molar-refractivity contribution in [3.8, 4) is 0 Å². The molecular weight excluding hydrogens is 164 g/mol. The van der Waals surface area contributed by atoms with E-state index in [4.69, 9.17) is 5.73 Å². The van der Waals surface area contributed by atoms with Gasteiger partial charge in [0.25, 0.3) is 0 Å². The number of nitrogens with two attached hydrogens (primary N) is 1. The highest BCUT2D eigenvalue weighted by Gasteiger charge is 2.21. The van der Waals surface area contributed by atoms with E-state index in [9.17, 15) is 4.79 Å². The second-order valence-corrected chi connectivity index (χ2v) is 4.83. The average Bonchev–Trinajstić information content (AvgIpc) is 1.98. The molecule has 0 aliphatic heterocycles. The van der Waals surface area contributed by atoms with Crippen LogP contribution in [0.15, 0.2) is 0 Å². The van der Waals surface area contributed by atoms with Gasteiger partial charge in [-0.1, -0.05) is 20.8 Å². The summed E-state index contributed by atoms with van der Waals surface area (Å²) in [4.78, 5) is 13.4. The van der Waals surface area contributed by atoms with Crippen molar-refractivity contribution in [2.75, 3.05) is 13.6 Å². The molecule has 78 valence electrons. The van der Waals surface area contributed by atoms with Crippen molar-refractivity contribution in [1.82, 2.24) is 4.90 Å². The van der Waals surface area contributed by atoms with Crippen molar-refractivity contribution in [2.24, 2.45) is 11.1 Å². The Morgan fingerprint density at radius 3 is 2.23 bits per heavy atom. The molecule has 0 rings (SSSR count). The molecule has 1 amide bonds. The molecule has 3 nitrogen and oxygen atoms in total. The van der Waals surface area contributed by atoms with E-state index in [0.717, 1.165) is 0 Å². The zero-order chi connectivity index (χ0) is 10.6. The van der Waals surface area contributed by atoms with E-state index in [0.29, 0.717) is 13.0 Å². The van der Waals surface area contributed by atoms with Crippen LogP contribution in [0.3, 0.4) is 0 Å². The minimum atomic E-state index is 0.0552. The highest BCUT2D eigenvalue weighted by Crippen LogP contribution is 2.19. The van der Waals surface area contributed by atoms with Crippen LogP contribution >= 0.6 is 0 Å². The van der Waals surface area contributed by atoms with E-state index in [-0.39, 0.29) is 17.4 Å². The SMILES string of the molecule is CC(CN)N(C)C(=O)CC(C)(C)C. The van der Waals surface area contributed by atoms with Crippen LogP contribution < -0.4 is 5.73 Å². The minimum absolute atomic E-state index is 0.0552. The lowest BCUT2D eigenvalue weighted by atomic mass is 9.91. The predicted octanol–water partition coefficient (Wildman–Crippen LogP) is 1.23. The maximum absolute atomic E-state index is 11.6. The summed E-state index contributed by atoms with van der Waals surface area (Å²) in [6.45, 7) is 8.66. The summed E-state index contributed by atoms with van der Waals surface area (Å²) in [5, 5.41) is 0. The minimum Gasteiger partial charge on any atom is -0.342 e. The third-order valence-corrected chi connectivity index (χ3v) is 2.08. The summed E-state index contributed by atoms with van der Waals surface area (Å²) in [6.07, 6.45) is 0.577. The first-order valence-corrected chi connectivity index (χ1v) is 4.73. The number of carbonyl (C=O) groups is 1. The van der Waals surface area contributed by atoms with Crippen LogP contribution in [0.2, 0.25) is 0 Å². The van der Waals surface area contributed by atoms with Crippen LogP contribution in [0, 0.1) is 5.41 Å². The van der Waals surface area contributed by atoms with Crippen LogP contribution in [-0.2, 0) is 4.79 Å². The first-order valence-electron chi connectivity index (χ1n) is 4.73. The van der Waals surface area contributed by atoms with Gasteiger partial charge in [0.2, 0.25) is 5.91 Å². The van der Waals surface area contributed by atoms with Crippen molar-refractivity contribution < 1.29 is 4.79 Å².